The molecule has 0 saturated heterocycles. The molecule has 8 nitrogen and oxygen atoms in total. The maximum absolute atomic E-state index is 13.9. The van der Waals surface area contributed by atoms with E-state index in [1.807, 2.05) is 6.92 Å². The molecule has 3 aromatic rings. The normalized spacial score (nSPS) is 10.7. The zero-order valence-electron chi connectivity index (χ0n) is 19.4. The summed E-state index contributed by atoms with van der Waals surface area (Å²) in [6.07, 6.45) is 2.25. The molecule has 0 saturated carbocycles. The lowest BCUT2D eigenvalue weighted by molar-refractivity contribution is 0.0690. The second-order valence-corrected chi connectivity index (χ2v) is 8.89. The number of halogens is 1. The predicted molar refractivity (Wildman–Crippen MR) is 125 cm³/mol. The highest BCUT2D eigenvalue weighted by molar-refractivity contribution is 7.11. The summed E-state index contributed by atoms with van der Waals surface area (Å²) >= 11 is 1.23. The quantitative estimate of drug-likeness (QED) is 0.426. The van der Waals surface area contributed by atoms with Crippen LogP contribution in [0.5, 0.6) is 11.5 Å². The number of methoxy groups -OCH3 is 2. The number of carboxylic acids is 1. The Kier molecular flexibility index (Phi) is 8.17. The summed E-state index contributed by atoms with van der Waals surface area (Å²) in [5, 5.41) is 9.83. The Morgan fingerprint density at radius 1 is 1.18 bits per heavy atom. The van der Waals surface area contributed by atoms with E-state index in [9.17, 15) is 19.1 Å². The van der Waals surface area contributed by atoms with Crippen molar-refractivity contribution in [2.24, 2.45) is 0 Å². The van der Waals surface area contributed by atoms with Gasteiger partial charge in [-0.05, 0) is 44.9 Å². The number of aromatic nitrogens is 2. The van der Waals surface area contributed by atoms with E-state index in [1.54, 1.807) is 36.1 Å². The number of rotatable bonds is 10. The van der Waals surface area contributed by atoms with Gasteiger partial charge >= 0.3 is 5.97 Å². The molecule has 34 heavy (non-hydrogen) atoms. The van der Waals surface area contributed by atoms with Crippen LogP contribution in [0.1, 0.15) is 48.3 Å². The fourth-order valence-electron chi connectivity index (χ4n) is 3.59. The van der Waals surface area contributed by atoms with Crippen LogP contribution in [0.25, 0.3) is 0 Å². The van der Waals surface area contributed by atoms with Crippen molar-refractivity contribution < 1.29 is 28.6 Å². The van der Waals surface area contributed by atoms with Gasteiger partial charge in [0, 0.05) is 34.3 Å². The monoisotopic (exact) mass is 487 g/mol. The second-order valence-electron chi connectivity index (χ2n) is 7.61. The van der Waals surface area contributed by atoms with Crippen LogP contribution in [0.3, 0.4) is 0 Å². The van der Waals surface area contributed by atoms with E-state index in [0.717, 1.165) is 5.56 Å². The third-order valence-electron chi connectivity index (χ3n) is 5.37. The van der Waals surface area contributed by atoms with Gasteiger partial charge in [0.05, 0.1) is 20.8 Å². The summed E-state index contributed by atoms with van der Waals surface area (Å²) < 4.78 is 24.7. The number of nitrogens with zero attached hydrogens (tertiary/aromatic N) is 3. The van der Waals surface area contributed by atoms with E-state index >= 15 is 0 Å². The maximum Gasteiger partial charge on any atom is 0.355 e. The zero-order valence-corrected chi connectivity index (χ0v) is 20.2. The van der Waals surface area contributed by atoms with E-state index in [0.29, 0.717) is 51.9 Å². The third-order valence-corrected chi connectivity index (χ3v) is 6.32. The van der Waals surface area contributed by atoms with Crippen LogP contribution in [0.15, 0.2) is 30.5 Å². The Hall–Kier alpha value is -3.53. The Morgan fingerprint density at radius 2 is 1.85 bits per heavy atom. The topological polar surface area (TPSA) is 102 Å². The highest BCUT2D eigenvalue weighted by atomic mass is 32.1. The zero-order chi connectivity index (χ0) is 24.8. The van der Waals surface area contributed by atoms with Crippen LogP contribution in [0.2, 0.25) is 0 Å². The number of hydrogen-bond acceptors (Lipinski definition) is 7. The van der Waals surface area contributed by atoms with Gasteiger partial charge in [0.2, 0.25) is 5.95 Å². The van der Waals surface area contributed by atoms with Crippen LogP contribution >= 0.6 is 11.3 Å². The molecular weight excluding hydrogens is 461 g/mol. The minimum atomic E-state index is -1.11. The fourth-order valence-corrected chi connectivity index (χ4v) is 4.53. The Balaban J connectivity index is 1.88. The fraction of sp³-hybridized carbons (Fsp3) is 0.333. The average Bonchev–Trinajstić information content (AvgIpc) is 3.19. The molecular formula is C24H26FN3O5S. The lowest BCUT2D eigenvalue weighted by Gasteiger charge is -2.23. The Morgan fingerprint density at radius 3 is 2.41 bits per heavy atom. The number of amides is 1. The van der Waals surface area contributed by atoms with E-state index in [1.165, 1.54) is 31.8 Å². The molecule has 1 aromatic carbocycles. The average molecular weight is 488 g/mol. The van der Waals surface area contributed by atoms with Crippen molar-refractivity contribution in [1.29, 1.82) is 0 Å². The van der Waals surface area contributed by atoms with Crippen molar-refractivity contribution in [3.63, 3.8) is 0 Å². The number of carboxylic acid groups (broad SMARTS) is 1. The molecule has 0 bridgehead atoms. The van der Waals surface area contributed by atoms with Crippen LogP contribution in [0.4, 0.5) is 4.39 Å². The first-order valence-electron chi connectivity index (χ1n) is 10.6. The molecule has 0 unspecified atom stereocenters. The first kappa shape index (κ1) is 25.1. The van der Waals surface area contributed by atoms with Crippen molar-refractivity contribution in [3.8, 4) is 11.5 Å². The van der Waals surface area contributed by atoms with Gasteiger partial charge in [0.15, 0.2) is 5.69 Å². The van der Waals surface area contributed by atoms with Crippen molar-refractivity contribution >= 4 is 23.2 Å². The predicted octanol–water partition coefficient (Wildman–Crippen LogP) is 4.28. The first-order valence-corrected chi connectivity index (χ1v) is 11.4. The summed E-state index contributed by atoms with van der Waals surface area (Å²) in [4.78, 5) is 34.9. The molecule has 0 aliphatic rings. The van der Waals surface area contributed by atoms with Gasteiger partial charge in [-0.3, -0.25) is 4.79 Å². The number of thiazole rings is 1. The summed E-state index contributed by atoms with van der Waals surface area (Å²) in [5.41, 5.74) is 1.57. The van der Waals surface area contributed by atoms with Gasteiger partial charge in [-0.25, -0.2) is 14.8 Å². The molecule has 1 N–H and O–H groups in total. The van der Waals surface area contributed by atoms with E-state index in [4.69, 9.17) is 9.47 Å². The molecule has 10 heteroatoms. The molecule has 0 aliphatic carbocycles. The number of pyridine rings is 1. The number of ether oxygens (including phenoxy) is 2. The Labute approximate surface area is 201 Å². The SMILES string of the molecule is COc1cc(C(=O)N(CCCc2cccnc2F)Cc2nc(C(=O)O)c(C)s2)cc(OC)c1C. The maximum atomic E-state index is 13.9. The Bertz CT molecular complexity index is 1170. The highest BCUT2D eigenvalue weighted by Gasteiger charge is 2.22. The summed E-state index contributed by atoms with van der Waals surface area (Å²) in [5.74, 6) is -0.919. The minimum absolute atomic E-state index is 0.0245. The number of aryl methyl sites for hydroxylation is 2. The standard InChI is InChI=1S/C24H26FN3O5S/c1-14-18(32-3)11-17(12-19(14)33-4)23(29)28(10-6-8-16-7-5-9-26-22(16)25)13-20-27-21(24(30)31)15(2)34-20/h5,7,9,11-12H,6,8,10,13H2,1-4H3,(H,30,31). The molecule has 0 fully saturated rings. The largest absolute Gasteiger partial charge is 0.496 e. The highest BCUT2D eigenvalue weighted by Crippen LogP contribution is 2.30. The van der Waals surface area contributed by atoms with Gasteiger partial charge in [-0.15, -0.1) is 11.3 Å². The molecule has 2 aromatic heterocycles. The van der Waals surface area contributed by atoms with Crippen LogP contribution in [0, 0.1) is 19.8 Å². The van der Waals surface area contributed by atoms with Gasteiger partial charge in [-0.1, -0.05) is 6.07 Å². The number of carbonyl (C=O) groups excluding carboxylic acids is 1. The number of hydrogen-bond donors (Lipinski definition) is 1. The lowest BCUT2D eigenvalue weighted by Crippen LogP contribution is -2.32. The van der Waals surface area contributed by atoms with Gasteiger partial charge < -0.3 is 19.5 Å². The van der Waals surface area contributed by atoms with E-state index in [2.05, 4.69) is 9.97 Å². The summed E-state index contributed by atoms with van der Waals surface area (Å²) in [7, 11) is 3.03. The van der Waals surface area contributed by atoms with Crippen molar-refractivity contribution in [2.45, 2.75) is 33.2 Å². The summed E-state index contributed by atoms with van der Waals surface area (Å²) in [6.45, 7) is 3.92. The molecule has 0 spiro atoms. The summed E-state index contributed by atoms with van der Waals surface area (Å²) in [6, 6.07) is 6.61. The van der Waals surface area contributed by atoms with Crippen molar-refractivity contribution in [1.82, 2.24) is 14.9 Å². The third kappa shape index (κ3) is 5.69. The minimum Gasteiger partial charge on any atom is -0.496 e. The number of carbonyl (C=O) groups is 2. The number of aromatic carboxylic acids is 1. The smallest absolute Gasteiger partial charge is 0.355 e. The number of benzene rings is 1. The van der Waals surface area contributed by atoms with Crippen molar-refractivity contribution in [2.75, 3.05) is 20.8 Å². The van der Waals surface area contributed by atoms with Gasteiger partial charge in [0.25, 0.3) is 5.91 Å². The van der Waals surface area contributed by atoms with Crippen LogP contribution in [-0.2, 0) is 13.0 Å². The van der Waals surface area contributed by atoms with Gasteiger partial charge in [0.1, 0.15) is 16.5 Å². The molecule has 1 amide bonds. The molecule has 180 valence electrons. The lowest BCUT2D eigenvalue weighted by atomic mass is 10.1. The van der Waals surface area contributed by atoms with Crippen LogP contribution < -0.4 is 9.47 Å². The molecule has 3 rings (SSSR count). The molecule has 2 heterocycles. The van der Waals surface area contributed by atoms with Gasteiger partial charge in [-0.2, -0.15) is 4.39 Å². The molecule has 0 aliphatic heterocycles. The second kappa shape index (κ2) is 11.1. The van der Waals surface area contributed by atoms with Crippen LogP contribution in [-0.4, -0.2) is 52.6 Å². The molecule has 0 atom stereocenters. The molecule has 0 radical (unpaired) electrons. The van der Waals surface area contributed by atoms with E-state index in [-0.39, 0.29) is 18.1 Å². The van der Waals surface area contributed by atoms with E-state index < -0.39 is 11.9 Å². The van der Waals surface area contributed by atoms with Crippen molar-refractivity contribution in [3.05, 3.63) is 68.7 Å². The first-order chi connectivity index (χ1) is 16.2.